The van der Waals surface area contributed by atoms with Crippen LogP contribution in [-0.4, -0.2) is 56.0 Å². The Morgan fingerprint density at radius 1 is 1.27 bits per heavy atom. The highest BCUT2D eigenvalue weighted by molar-refractivity contribution is 7.89. The fraction of sp³-hybridized carbons (Fsp3) is 0.538. The molecular weight excluding hydrogens is 310 g/mol. The maximum absolute atomic E-state index is 12.4. The van der Waals surface area contributed by atoms with Crippen LogP contribution < -0.4 is 4.90 Å². The van der Waals surface area contributed by atoms with E-state index in [2.05, 4.69) is 0 Å². The number of nitrogens with zero attached hydrogens (tertiary/aromatic N) is 3. The number of nitro benzene ring substituents is 1. The first-order valence-corrected chi connectivity index (χ1v) is 8.34. The van der Waals surface area contributed by atoms with Crippen LogP contribution in [0.4, 0.5) is 11.4 Å². The van der Waals surface area contributed by atoms with Crippen LogP contribution in [0.15, 0.2) is 23.1 Å². The molecule has 0 saturated carbocycles. The highest BCUT2D eigenvalue weighted by atomic mass is 32.2. The fourth-order valence-corrected chi connectivity index (χ4v) is 3.59. The Balaban J connectivity index is 3.38. The van der Waals surface area contributed by atoms with Crippen molar-refractivity contribution >= 4 is 21.4 Å². The minimum absolute atomic E-state index is 0.107. The average molecular weight is 331 g/mol. The molecule has 1 N–H and O–H groups in total. The smallest absolute Gasteiger partial charge is 0.293 e. The van der Waals surface area contributed by atoms with Gasteiger partial charge in [0.1, 0.15) is 5.69 Å². The maximum Gasteiger partial charge on any atom is 0.293 e. The van der Waals surface area contributed by atoms with Crippen molar-refractivity contribution in [2.24, 2.45) is 0 Å². The van der Waals surface area contributed by atoms with Crippen LogP contribution in [0.5, 0.6) is 0 Å². The third-order valence-electron chi connectivity index (χ3n) is 3.33. The minimum Gasteiger partial charge on any atom is -0.395 e. The Labute approximate surface area is 130 Å². The number of anilines is 1. The molecule has 124 valence electrons. The van der Waals surface area contributed by atoms with Gasteiger partial charge in [-0.15, -0.1) is 0 Å². The molecular formula is C13H21N3O5S. The van der Waals surface area contributed by atoms with Crippen LogP contribution in [-0.2, 0) is 10.0 Å². The molecule has 0 fully saturated rings. The molecule has 8 nitrogen and oxygen atoms in total. The predicted octanol–water partition coefficient (Wildman–Crippen LogP) is 1.05. The molecule has 0 amide bonds. The standard InChI is InChI=1S/C13H21N3O5S/c1-4-15(5-2)22(20,21)11-6-7-12(14(3)8-9-17)13(10-11)16(18)19/h6-7,10,17H,4-5,8-9H2,1-3H3. The van der Waals surface area contributed by atoms with E-state index in [1.165, 1.54) is 21.3 Å². The topological polar surface area (TPSA) is 104 Å². The average Bonchev–Trinajstić information content (AvgIpc) is 2.47. The summed E-state index contributed by atoms with van der Waals surface area (Å²) < 4.78 is 26.1. The molecule has 0 aliphatic carbocycles. The number of likely N-dealkylation sites (N-methyl/N-ethyl adjacent to an activating group) is 1. The lowest BCUT2D eigenvalue weighted by Crippen LogP contribution is -2.30. The normalized spacial score (nSPS) is 11.7. The summed E-state index contributed by atoms with van der Waals surface area (Å²) in [4.78, 5) is 12.0. The molecule has 0 unspecified atom stereocenters. The first kappa shape index (κ1) is 18.3. The Morgan fingerprint density at radius 2 is 1.86 bits per heavy atom. The van der Waals surface area contributed by atoms with Gasteiger partial charge in [0.15, 0.2) is 0 Å². The summed E-state index contributed by atoms with van der Waals surface area (Å²) >= 11 is 0. The molecule has 9 heteroatoms. The van der Waals surface area contributed by atoms with Gasteiger partial charge in [-0.05, 0) is 12.1 Å². The van der Waals surface area contributed by atoms with Crippen LogP contribution >= 0.6 is 0 Å². The van der Waals surface area contributed by atoms with Gasteiger partial charge in [-0.25, -0.2) is 8.42 Å². The predicted molar refractivity (Wildman–Crippen MR) is 83.6 cm³/mol. The molecule has 0 spiro atoms. The van der Waals surface area contributed by atoms with E-state index in [9.17, 15) is 18.5 Å². The van der Waals surface area contributed by atoms with Gasteiger partial charge in [0.05, 0.1) is 16.4 Å². The molecule has 0 atom stereocenters. The second kappa shape index (κ2) is 7.52. The first-order chi connectivity index (χ1) is 10.3. The van der Waals surface area contributed by atoms with Crippen LogP contribution in [0.1, 0.15) is 13.8 Å². The van der Waals surface area contributed by atoms with Gasteiger partial charge in [-0.2, -0.15) is 4.31 Å². The number of benzene rings is 1. The van der Waals surface area contributed by atoms with Crippen molar-refractivity contribution < 1.29 is 18.4 Å². The van der Waals surface area contributed by atoms with E-state index in [0.29, 0.717) is 13.1 Å². The summed E-state index contributed by atoms with van der Waals surface area (Å²) in [5.74, 6) is 0. The van der Waals surface area contributed by atoms with Gasteiger partial charge in [0.25, 0.3) is 5.69 Å². The summed E-state index contributed by atoms with van der Waals surface area (Å²) in [5.41, 5.74) is -0.0401. The Hall–Kier alpha value is -1.71. The van der Waals surface area contributed by atoms with Crippen LogP contribution in [0.2, 0.25) is 0 Å². The lowest BCUT2D eigenvalue weighted by molar-refractivity contribution is -0.384. The Bertz CT molecular complexity index is 629. The molecule has 0 aromatic heterocycles. The maximum atomic E-state index is 12.4. The van der Waals surface area contributed by atoms with Gasteiger partial charge in [-0.1, -0.05) is 13.8 Å². The van der Waals surface area contributed by atoms with Gasteiger partial charge >= 0.3 is 0 Å². The van der Waals surface area contributed by atoms with Crippen molar-refractivity contribution in [3.05, 3.63) is 28.3 Å². The summed E-state index contributed by atoms with van der Waals surface area (Å²) in [6.45, 7) is 4.05. The molecule has 0 aliphatic heterocycles. The van der Waals surface area contributed by atoms with Crippen molar-refractivity contribution in [1.29, 1.82) is 0 Å². The van der Waals surface area contributed by atoms with Gasteiger partial charge in [-0.3, -0.25) is 10.1 Å². The summed E-state index contributed by atoms with van der Waals surface area (Å²) in [7, 11) is -2.16. The van der Waals surface area contributed by atoms with Crippen molar-refractivity contribution in [3.8, 4) is 0 Å². The van der Waals surface area contributed by atoms with Crippen LogP contribution in [0.25, 0.3) is 0 Å². The first-order valence-electron chi connectivity index (χ1n) is 6.90. The number of hydrogen-bond donors (Lipinski definition) is 1. The monoisotopic (exact) mass is 331 g/mol. The SMILES string of the molecule is CCN(CC)S(=O)(=O)c1ccc(N(C)CCO)c([N+](=O)[O-])c1. The molecule has 22 heavy (non-hydrogen) atoms. The fourth-order valence-electron chi connectivity index (χ4n) is 2.12. The van der Waals surface area contributed by atoms with E-state index in [1.54, 1.807) is 20.9 Å². The van der Waals surface area contributed by atoms with E-state index in [4.69, 9.17) is 5.11 Å². The number of rotatable bonds is 8. The molecule has 1 rings (SSSR count). The molecule has 1 aromatic rings. The number of aliphatic hydroxyl groups is 1. The van der Waals surface area contributed by atoms with Crippen molar-refractivity contribution in [2.75, 3.05) is 38.2 Å². The number of sulfonamides is 1. The summed E-state index contributed by atoms with van der Waals surface area (Å²) in [6, 6.07) is 3.81. The molecule has 0 radical (unpaired) electrons. The zero-order valence-corrected chi connectivity index (χ0v) is 13.7. The highest BCUT2D eigenvalue weighted by Gasteiger charge is 2.26. The largest absolute Gasteiger partial charge is 0.395 e. The third kappa shape index (κ3) is 3.73. The number of nitro groups is 1. The minimum atomic E-state index is -3.75. The van der Waals surface area contributed by atoms with Crippen molar-refractivity contribution in [3.63, 3.8) is 0 Å². The second-order valence-electron chi connectivity index (χ2n) is 4.64. The summed E-state index contributed by atoms with van der Waals surface area (Å²) in [6.07, 6.45) is 0. The zero-order chi connectivity index (χ0) is 16.9. The lowest BCUT2D eigenvalue weighted by Gasteiger charge is -2.21. The lowest BCUT2D eigenvalue weighted by atomic mass is 10.2. The molecule has 0 saturated heterocycles. The van der Waals surface area contributed by atoms with Gasteiger partial charge < -0.3 is 10.0 Å². The quantitative estimate of drug-likeness (QED) is 0.564. The van der Waals surface area contributed by atoms with E-state index < -0.39 is 14.9 Å². The van der Waals surface area contributed by atoms with Crippen molar-refractivity contribution in [1.82, 2.24) is 4.31 Å². The van der Waals surface area contributed by atoms with Gasteiger partial charge in [0, 0.05) is 32.7 Å². The second-order valence-corrected chi connectivity index (χ2v) is 6.58. The number of aliphatic hydroxyl groups excluding tert-OH is 1. The summed E-state index contributed by atoms with van der Waals surface area (Å²) in [5, 5.41) is 20.2. The molecule has 1 aromatic carbocycles. The van der Waals surface area contributed by atoms with Crippen molar-refractivity contribution in [2.45, 2.75) is 18.7 Å². The van der Waals surface area contributed by atoms with E-state index in [0.717, 1.165) is 6.07 Å². The zero-order valence-electron chi connectivity index (χ0n) is 12.9. The van der Waals surface area contributed by atoms with E-state index in [1.807, 2.05) is 0 Å². The van der Waals surface area contributed by atoms with Crippen LogP contribution in [0.3, 0.4) is 0 Å². The number of hydrogen-bond acceptors (Lipinski definition) is 6. The van der Waals surface area contributed by atoms with Gasteiger partial charge in [0.2, 0.25) is 10.0 Å². The Kier molecular flexibility index (Phi) is 6.27. The third-order valence-corrected chi connectivity index (χ3v) is 5.38. The highest BCUT2D eigenvalue weighted by Crippen LogP contribution is 2.31. The molecule has 0 heterocycles. The molecule has 0 bridgehead atoms. The molecule has 0 aliphatic rings. The van der Waals surface area contributed by atoms with E-state index in [-0.39, 0.29) is 29.4 Å². The van der Waals surface area contributed by atoms with Crippen LogP contribution in [0, 0.1) is 10.1 Å². The Morgan fingerprint density at radius 3 is 2.32 bits per heavy atom. The van der Waals surface area contributed by atoms with E-state index >= 15 is 0 Å².